The van der Waals surface area contributed by atoms with Crippen molar-refractivity contribution in [1.29, 1.82) is 0 Å². The number of halogens is 1. The molecule has 4 nitrogen and oxygen atoms in total. The molecule has 3 aromatic rings. The standard InChI is InChI=1S/C12H9BrN4/c13-9-6-16-12(14)17-11(9)8-5-15-10-4-2-1-3-7(8)10/h1-6,15H,(H2,14,16,17). The van der Waals surface area contributed by atoms with Crippen LogP contribution in [0.25, 0.3) is 22.2 Å². The van der Waals surface area contributed by atoms with Crippen LogP contribution in [0.1, 0.15) is 0 Å². The molecule has 17 heavy (non-hydrogen) atoms. The van der Waals surface area contributed by atoms with Crippen LogP contribution in [-0.4, -0.2) is 15.0 Å². The normalized spacial score (nSPS) is 10.9. The van der Waals surface area contributed by atoms with Crippen molar-refractivity contribution in [2.75, 3.05) is 5.73 Å². The van der Waals surface area contributed by atoms with Gasteiger partial charge in [-0.1, -0.05) is 18.2 Å². The van der Waals surface area contributed by atoms with E-state index in [1.807, 2.05) is 30.5 Å². The molecule has 84 valence electrons. The van der Waals surface area contributed by atoms with Crippen LogP contribution in [-0.2, 0) is 0 Å². The molecular weight excluding hydrogens is 280 g/mol. The van der Waals surface area contributed by atoms with Gasteiger partial charge in [-0.15, -0.1) is 0 Å². The number of para-hydroxylation sites is 1. The Labute approximate surface area is 106 Å². The van der Waals surface area contributed by atoms with Crippen LogP contribution >= 0.6 is 15.9 Å². The first kappa shape index (κ1) is 10.3. The highest BCUT2D eigenvalue weighted by molar-refractivity contribution is 9.10. The van der Waals surface area contributed by atoms with E-state index < -0.39 is 0 Å². The van der Waals surface area contributed by atoms with E-state index in [2.05, 4.69) is 30.9 Å². The van der Waals surface area contributed by atoms with Gasteiger partial charge < -0.3 is 10.7 Å². The van der Waals surface area contributed by atoms with Crippen LogP contribution in [0.15, 0.2) is 41.1 Å². The average Bonchev–Trinajstić information content (AvgIpc) is 2.76. The van der Waals surface area contributed by atoms with Crippen LogP contribution in [0.4, 0.5) is 5.95 Å². The van der Waals surface area contributed by atoms with Crippen molar-refractivity contribution in [2.45, 2.75) is 0 Å². The second-order valence-electron chi connectivity index (χ2n) is 3.67. The number of nitrogens with two attached hydrogens (primary N) is 1. The summed E-state index contributed by atoms with van der Waals surface area (Å²) < 4.78 is 0.830. The molecule has 0 bridgehead atoms. The zero-order valence-corrected chi connectivity index (χ0v) is 10.4. The Hall–Kier alpha value is -1.88. The first-order valence-electron chi connectivity index (χ1n) is 5.10. The summed E-state index contributed by atoms with van der Waals surface area (Å²) in [6.07, 6.45) is 3.59. The van der Waals surface area contributed by atoms with Crippen molar-refractivity contribution < 1.29 is 0 Å². The molecule has 0 unspecified atom stereocenters. The maximum Gasteiger partial charge on any atom is 0.220 e. The highest BCUT2D eigenvalue weighted by atomic mass is 79.9. The molecule has 1 aromatic carbocycles. The fourth-order valence-electron chi connectivity index (χ4n) is 1.84. The molecule has 0 amide bonds. The van der Waals surface area contributed by atoms with Crippen LogP contribution in [0.3, 0.4) is 0 Å². The largest absolute Gasteiger partial charge is 0.368 e. The van der Waals surface area contributed by atoms with E-state index in [1.54, 1.807) is 6.20 Å². The molecule has 0 aliphatic heterocycles. The lowest BCUT2D eigenvalue weighted by Crippen LogP contribution is -1.96. The predicted octanol–water partition coefficient (Wildman–Crippen LogP) is 2.97. The van der Waals surface area contributed by atoms with Gasteiger partial charge in [0.1, 0.15) is 0 Å². The number of rotatable bonds is 1. The SMILES string of the molecule is Nc1ncc(Br)c(-c2c[nH]c3ccccc23)n1. The molecule has 2 heterocycles. The minimum atomic E-state index is 0.272. The van der Waals surface area contributed by atoms with E-state index in [4.69, 9.17) is 5.73 Å². The van der Waals surface area contributed by atoms with E-state index >= 15 is 0 Å². The first-order chi connectivity index (χ1) is 8.25. The third kappa shape index (κ3) is 1.68. The number of aromatic nitrogens is 3. The quantitative estimate of drug-likeness (QED) is 0.723. The zero-order valence-electron chi connectivity index (χ0n) is 8.81. The van der Waals surface area contributed by atoms with Gasteiger partial charge in [0.05, 0.1) is 10.2 Å². The Morgan fingerprint density at radius 2 is 2.06 bits per heavy atom. The lowest BCUT2D eigenvalue weighted by Gasteiger charge is -2.02. The summed E-state index contributed by atoms with van der Waals surface area (Å²) in [5, 5.41) is 1.12. The minimum absolute atomic E-state index is 0.272. The molecule has 0 fully saturated rings. The molecule has 0 saturated carbocycles. The van der Waals surface area contributed by atoms with Gasteiger partial charge in [-0.3, -0.25) is 0 Å². The molecule has 5 heteroatoms. The van der Waals surface area contributed by atoms with E-state index in [0.29, 0.717) is 0 Å². The summed E-state index contributed by atoms with van der Waals surface area (Å²) in [5.74, 6) is 0.272. The van der Waals surface area contributed by atoms with E-state index in [0.717, 1.165) is 26.6 Å². The van der Waals surface area contributed by atoms with Crippen molar-refractivity contribution in [3.05, 3.63) is 41.1 Å². The fraction of sp³-hybridized carbons (Fsp3) is 0. The topological polar surface area (TPSA) is 67.6 Å². The van der Waals surface area contributed by atoms with Gasteiger partial charge >= 0.3 is 0 Å². The van der Waals surface area contributed by atoms with Crippen molar-refractivity contribution in [2.24, 2.45) is 0 Å². The van der Waals surface area contributed by atoms with E-state index in [1.165, 1.54) is 0 Å². The van der Waals surface area contributed by atoms with Gasteiger partial charge in [-0.2, -0.15) is 0 Å². The number of anilines is 1. The zero-order chi connectivity index (χ0) is 11.8. The summed E-state index contributed by atoms with van der Waals surface area (Å²) in [4.78, 5) is 11.4. The van der Waals surface area contributed by atoms with Gasteiger partial charge in [0, 0.05) is 28.9 Å². The number of hydrogen-bond donors (Lipinski definition) is 2. The maximum atomic E-state index is 5.62. The Bertz CT molecular complexity index is 690. The Morgan fingerprint density at radius 1 is 1.24 bits per heavy atom. The monoisotopic (exact) mass is 288 g/mol. The summed E-state index contributed by atoms with van der Waals surface area (Å²) in [7, 11) is 0. The van der Waals surface area contributed by atoms with Crippen molar-refractivity contribution in [3.63, 3.8) is 0 Å². The molecule has 0 spiro atoms. The van der Waals surface area contributed by atoms with Crippen LogP contribution < -0.4 is 5.73 Å². The minimum Gasteiger partial charge on any atom is -0.368 e. The number of hydrogen-bond acceptors (Lipinski definition) is 3. The third-order valence-electron chi connectivity index (χ3n) is 2.61. The first-order valence-corrected chi connectivity index (χ1v) is 5.89. The second kappa shape index (κ2) is 3.85. The van der Waals surface area contributed by atoms with Gasteiger partial charge in [0.15, 0.2) is 0 Å². The average molecular weight is 289 g/mol. The Balaban J connectivity index is 2.31. The molecule has 3 rings (SSSR count). The summed E-state index contributed by atoms with van der Waals surface area (Å²) in [6.45, 7) is 0. The number of H-pyrrole nitrogens is 1. The lowest BCUT2D eigenvalue weighted by atomic mass is 10.1. The number of nitrogens with one attached hydrogen (secondary N) is 1. The number of fused-ring (bicyclic) bond motifs is 1. The van der Waals surface area contributed by atoms with Crippen LogP contribution in [0.5, 0.6) is 0 Å². The van der Waals surface area contributed by atoms with Gasteiger partial charge in [-0.25, -0.2) is 9.97 Å². The lowest BCUT2D eigenvalue weighted by molar-refractivity contribution is 1.18. The van der Waals surface area contributed by atoms with E-state index in [-0.39, 0.29) is 5.95 Å². The molecule has 0 aliphatic rings. The van der Waals surface area contributed by atoms with Gasteiger partial charge in [0.25, 0.3) is 0 Å². The molecule has 0 radical (unpaired) electrons. The molecule has 3 N–H and O–H groups in total. The van der Waals surface area contributed by atoms with Gasteiger partial charge in [0.2, 0.25) is 5.95 Å². The number of nitrogen functional groups attached to an aromatic ring is 1. The smallest absolute Gasteiger partial charge is 0.220 e. The molecular formula is C12H9BrN4. The Kier molecular flexibility index (Phi) is 2.33. The summed E-state index contributed by atoms with van der Waals surface area (Å²) >= 11 is 3.44. The molecule has 2 aromatic heterocycles. The summed E-state index contributed by atoms with van der Waals surface area (Å²) in [6, 6.07) is 8.06. The van der Waals surface area contributed by atoms with Crippen LogP contribution in [0.2, 0.25) is 0 Å². The van der Waals surface area contributed by atoms with Crippen LogP contribution in [0, 0.1) is 0 Å². The third-order valence-corrected chi connectivity index (χ3v) is 3.19. The predicted molar refractivity (Wildman–Crippen MR) is 71.4 cm³/mol. The molecule has 0 saturated heterocycles. The number of benzene rings is 1. The highest BCUT2D eigenvalue weighted by Crippen LogP contribution is 2.31. The van der Waals surface area contributed by atoms with Crippen molar-refractivity contribution in [3.8, 4) is 11.3 Å². The number of aromatic amines is 1. The molecule has 0 aliphatic carbocycles. The van der Waals surface area contributed by atoms with Crippen molar-refractivity contribution >= 4 is 32.8 Å². The number of nitrogens with zero attached hydrogens (tertiary/aromatic N) is 2. The van der Waals surface area contributed by atoms with Crippen molar-refractivity contribution in [1.82, 2.24) is 15.0 Å². The van der Waals surface area contributed by atoms with Gasteiger partial charge in [-0.05, 0) is 22.0 Å². The van der Waals surface area contributed by atoms with E-state index in [9.17, 15) is 0 Å². The molecule has 0 atom stereocenters. The highest BCUT2D eigenvalue weighted by Gasteiger charge is 2.11. The Morgan fingerprint density at radius 3 is 2.94 bits per heavy atom. The second-order valence-corrected chi connectivity index (χ2v) is 4.53. The summed E-state index contributed by atoms with van der Waals surface area (Å²) in [5.41, 5.74) is 8.52. The maximum absolute atomic E-state index is 5.62. The fourth-order valence-corrected chi connectivity index (χ4v) is 2.24.